The van der Waals surface area contributed by atoms with Crippen molar-refractivity contribution in [3.8, 4) is 5.75 Å². The lowest BCUT2D eigenvalue weighted by molar-refractivity contribution is -0.268. The summed E-state index contributed by atoms with van der Waals surface area (Å²) in [5.41, 5.74) is 3.94. The number of methoxy groups -OCH3 is 1. The number of ether oxygens (including phenoxy) is 1. The van der Waals surface area contributed by atoms with Crippen molar-refractivity contribution in [3.05, 3.63) is 77.9 Å². The molecule has 2 atom stereocenters. The van der Waals surface area contributed by atoms with E-state index in [0.29, 0.717) is 18.7 Å². The summed E-state index contributed by atoms with van der Waals surface area (Å²) in [7, 11) is 1.71. The second kappa shape index (κ2) is 16.3. The largest absolute Gasteiger partial charge is 0.508 e. The Kier molecular flexibility index (Phi) is 13.3. The predicted octanol–water partition coefficient (Wildman–Crippen LogP) is 4.64. The number of rotatable bonds is 8. The van der Waals surface area contributed by atoms with Crippen LogP contribution in [0.2, 0.25) is 0 Å². The van der Waals surface area contributed by atoms with Crippen LogP contribution in [0.1, 0.15) is 49.4 Å². The van der Waals surface area contributed by atoms with Crippen molar-refractivity contribution in [2.45, 2.75) is 52.9 Å². The molecule has 0 spiro atoms. The van der Waals surface area contributed by atoms with Crippen LogP contribution in [0.4, 0.5) is 0 Å². The lowest BCUT2D eigenvalue weighted by Crippen LogP contribution is -2.69. The Hall–Kier alpha value is -3.95. The minimum absolute atomic E-state index is 0.0784. The molecule has 9 heteroatoms. The van der Waals surface area contributed by atoms with Gasteiger partial charge in [0.1, 0.15) is 12.3 Å². The second-order valence-corrected chi connectivity index (χ2v) is 10.1. The summed E-state index contributed by atoms with van der Waals surface area (Å²) in [4.78, 5) is 45.7. The molecule has 0 saturated carbocycles. The Labute approximate surface area is 243 Å². The van der Waals surface area contributed by atoms with Crippen molar-refractivity contribution in [1.82, 2.24) is 14.9 Å². The van der Waals surface area contributed by atoms with E-state index in [0.717, 1.165) is 34.8 Å². The highest BCUT2D eigenvalue weighted by atomic mass is 16.7. The number of piperazine rings is 1. The van der Waals surface area contributed by atoms with Gasteiger partial charge in [0.2, 0.25) is 12.3 Å². The Morgan fingerprint density at radius 1 is 1.12 bits per heavy atom. The quantitative estimate of drug-likeness (QED) is 0.468. The number of phenolic OH excluding ortho intramolecular Hbond substituents is 1. The smallest absolute Gasteiger partial charge is 0.256 e. The van der Waals surface area contributed by atoms with Crippen molar-refractivity contribution in [1.29, 1.82) is 0 Å². The molecule has 9 nitrogen and oxygen atoms in total. The van der Waals surface area contributed by atoms with Gasteiger partial charge >= 0.3 is 0 Å². The van der Waals surface area contributed by atoms with Crippen molar-refractivity contribution < 1.29 is 29.1 Å². The maximum atomic E-state index is 12.8. The van der Waals surface area contributed by atoms with Crippen molar-refractivity contribution in [2.75, 3.05) is 26.8 Å². The Morgan fingerprint density at radius 2 is 1.80 bits per heavy atom. The van der Waals surface area contributed by atoms with Gasteiger partial charge in [0, 0.05) is 20.3 Å². The molecule has 2 heterocycles. The number of carbonyl (C=O) groups is 3. The van der Waals surface area contributed by atoms with Gasteiger partial charge in [-0.25, -0.2) is 0 Å². The minimum Gasteiger partial charge on any atom is -0.508 e. The lowest BCUT2D eigenvalue weighted by Gasteiger charge is -2.49. The summed E-state index contributed by atoms with van der Waals surface area (Å²) in [5, 5.41) is 9.91. The zero-order valence-electron chi connectivity index (χ0n) is 24.8. The molecule has 2 aliphatic rings. The average molecular weight is 566 g/mol. The van der Waals surface area contributed by atoms with E-state index in [4.69, 9.17) is 14.7 Å². The molecule has 4 rings (SSSR count). The van der Waals surface area contributed by atoms with Gasteiger partial charge in [-0.15, -0.1) is 0 Å². The van der Waals surface area contributed by atoms with Gasteiger partial charge in [-0.3, -0.25) is 19.2 Å². The van der Waals surface area contributed by atoms with Crippen LogP contribution < -0.4 is 0 Å². The number of benzene rings is 2. The standard InChI is InChI=1S/C21H25N3O4.C7H8O.C4H10O/c1-5-15-8-7-9-16(17(15)6-2)10-22-11-18-23(12-19(22)26)21(27)20(14(3)4)28-24(18)13-25;1-6-2-4-7(8)5-3-6;1-3-4-5-2/h5-9,13-14,18,20H,1-2,10-12H2,3-4H3;2-5,8H,1H3;3-4H2,1-2H3. The van der Waals surface area contributed by atoms with Gasteiger partial charge in [0.25, 0.3) is 5.91 Å². The fourth-order valence-electron chi connectivity index (χ4n) is 4.41. The molecular formula is C32H43N3O6. The summed E-state index contributed by atoms with van der Waals surface area (Å²) in [5.74, 6) is -0.207. The fraction of sp³-hybridized carbons (Fsp3) is 0.406. The highest BCUT2D eigenvalue weighted by Gasteiger charge is 2.47. The topological polar surface area (TPSA) is 99.6 Å². The first-order chi connectivity index (χ1) is 19.6. The highest BCUT2D eigenvalue weighted by molar-refractivity contribution is 5.89. The first-order valence-corrected chi connectivity index (χ1v) is 13.7. The first kappa shape index (κ1) is 33.3. The van der Waals surface area contributed by atoms with E-state index in [1.54, 1.807) is 36.3 Å². The molecule has 41 heavy (non-hydrogen) atoms. The predicted molar refractivity (Wildman–Crippen MR) is 160 cm³/mol. The van der Waals surface area contributed by atoms with Crippen LogP contribution in [-0.2, 0) is 30.5 Å². The number of aromatic hydroxyl groups is 1. The number of hydrogen-bond donors (Lipinski definition) is 1. The number of aryl methyl sites for hydroxylation is 1. The average Bonchev–Trinajstić information content (AvgIpc) is 2.96. The summed E-state index contributed by atoms with van der Waals surface area (Å²) >= 11 is 0. The summed E-state index contributed by atoms with van der Waals surface area (Å²) < 4.78 is 4.69. The summed E-state index contributed by atoms with van der Waals surface area (Å²) in [6, 6.07) is 12.9. The minimum atomic E-state index is -0.766. The maximum Gasteiger partial charge on any atom is 0.256 e. The molecule has 2 aromatic rings. The van der Waals surface area contributed by atoms with Gasteiger partial charge in [0.15, 0.2) is 12.3 Å². The fourth-order valence-corrected chi connectivity index (χ4v) is 4.41. The van der Waals surface area contributed by atoms with E-state index in [1.807, 2.05) is 51.1 Å². The SMILES string of the molecule is C=Cc1cccc(CN2CC3N(C=O)OC(C(C)C)C(=O)N3CC2=O)c1C=C.CCCOC.Cc1ccc(O)cc1. The van der Waals surface area contributed by atoms with Gasteiger partial charge in [0.05, 0.1) is 6.54 Å². The van der Waals surface area contributed by atoms with Crippen molar-refractivity contribution in [3.63, 3.8) is 0 Å². The van der Waals surface area contributed by atoms with E-state index < -0.39 is 12.3 Å². The summed E-state index contributed by atoms with van der Waals surface area (Å²) in [6.07, 6.45) is 3.78. The Bertz CT molecular complexity index is 1160. The van der Waals surface area contributed by atoms with Crippen LogP contribution in [-0.4, -0.2) is 77.3 Å². The molecule has 0 bridgehead atoms. The zero-order valence-corrected chi connectivity index (χ0v) is 24.8. The number of phenols is 1. The number of hydrogen-bond acceptors (Lipinski definition) is 6. The number of carbonyl (C=O) groups excluding carboxylic acids is 3. The van der Waals surface area contributed by atoms with E-state index in [-0.39, 0.29) is 30.8 Å². The Balaban J connectivity index is 0.000000373. The molecule has 2 aliphatic heterocycles. The monoisotopic (exact) mass is 565 g/mol. The number of hydroxylamine groups is 2. The third kappa shape index (κ3) is 9.03. The van der Waals surface area contributed by atoms with Gasteiger partial charge < -0.3 is 19.6 Å². The molecular weight excluding hydrogens is 522 g/mol. The normalized spacial score (nSPS) is 18.0. The lowest BCUT2D eigenvalue weighted by atomic mass is 9.99. The third-order valence-corrected chi connectivity index (χ3v) is 6.62. The molecule has 0 radical (unpaired) electrons. The van der Waals surface area contributed by atoms with Crippen LogP contribution in [0.5, 0.6) is 5.75 Å². The number of fused-ring (bicyclic) bond motifs is 1. The molecule has 2 unspecified atom stereocenters. The van der Waals surface area contributed by atoms with Gasteiger partial charge in [-0.05, 0) is 48.1 Å². The zero-order chi connectivity index (χ0) is 30.5. The maximum absolute atomic E-state index is 12.8. The number of nitrogens with zero attached hydrogens (tertiary/aromatic N) is 3. The molecule has 2 aromatic carbocycles. The summed E-state index contributed by atoms with van der Waals surface area (Å²) in [6.45, 7) is 16.8. The van der Waals surface area contributed by atoms with Crippen LogP contribution in [0.25, 0.3) is 12.2 Å². The molecule has 0 aromatic heterocycles. The van der Waals surface area contributed by atoms with Crippen LogP contribution in [0.3, 0.4) is 0 Å². The third-order valence-electron chi connectivity index (χ3n) is 6.62. The number of amides is 3. The van der Waals surface area contributed by atoms with Crippen LogP contribution in [0, 0.1) is 12.8 Å². The van der Waals surface area contributed by atoms with Crippen molar-refractivity contribution in [2.24, 2.45) is 5.92 Å². The second-order valence-electron chi connectivity index (χ2n) is 10.1. The Morgan fingerprint density at radius 3 is 2.29 bits per heavy atom. The van der Waals surface area contributed by atoms with Crippen LogP contribution >= 0.6 is 0 Å². The van der Waals surface area contributed by atoms with Gasteiger partial charge in [-0.2, -0.15) is 5.06 Å². The van der Waals surface area contributed by atoms with E-state index in [9.17, 15) is 14.4 Å². The van der Waals surface area contributed by atoms with E-state index >= 15 is 0 Å². The molecule has 3 amide bonds. The highest BCUT2D eigenvalue weighted by Crippen LogP contribution is 2.27. The molecule has 2 saturated heterocycles. The van der Waals surface area contributed by atoms with Crippen molar-refractivity contribution >= 4 is 30.4 Å². The van der Waals surface area contributed by atoms with E-state index in [2.05, 4.69) is 20.1 Å². The molecule has 0 aliphatic carbocycles. The van der Waals surface area contributed by atoms with Crippen LogP contribution in [0.15, 0.2) is 55.6 Å². The van der Waals surface area contributed by atoms with E-state index in [1.165, 1.54) is 10.5 Å². The first-order valence-electron chi connectivity index (χ1n) is 13.7. The molecule has 222 valence electrons. The van der Waals surface area contributed by atoms with Gasteiger partial charge in [-0.1, -0.05) is 82.0 Å². The molecule has 1 N–H and O–H groups in total. The molecule has 2 fully saturated rings.